The van der Waals surface area contributed by atoms with Crippen molar-refractivity contribution in [3.63, 3.8) is 0 Å². The standard InChI is InChI=1S/C25H35FN6O2/c1-25(2,3)30-22(33)16-31(4)24-19-6-5-7-20(19)28-23(29-24)21-14-18(8-10-27-21)34-13-12-32-11-9-17(26)15-32/h8,10,14,17H,5-7,9,11-13,15-16H2,1-4H3,(H,30,33)/t17-/m0/s1. The van der Waals surface area contributed by atoms with Gasteiger partial charge in [-0.05, 0) is 52.5 Å². The fourth-order valence-electron chi connectivity index (χ4n) is 4.50. The Hall–Kier alpha value is -2.81. The molecule has 3 heterocycles. The molecule has 4 rings (SSSR count). The Balaban J connectivity index is 1.49. The van der Waals surface area contributed by atoms with Gasteiger partial charge in [0.25, 0.3) is 0 Å². The highest BCUT2D eigenvalue weighted by atomic mass is 19.1. The first-order valence-electron chi connectivity index (χ1n) is 12.1. The highest BCUT2D eigenvalue weighted by Crippen LogP contribution is 2.31. The lowest BCUT2D eigenvalue weighted by molar-refractivity contribution is -0.121. The largest absolute Gasteiger partial charge is 0.492 e. The van der Waals surface area contributed by atoms with E-state index in [9.17, 15) is 9.18 Å². The number of hydrogen-bond acceptors (Lipinski definition) is 7. The minimum absolute atomic E-state index is 0.0486. The van der Waals surface area contributed by atoms with Gasteiger partial charge >= 0.3 is 0 Å². The highest BCUT2D eigenvalue weighted by molar-refractivity contribution is 5.82. The van der Waals surface area contributed by atoms with E-state index in [1.54, 1.807) is 6.20 Å². The molecule has 2 aromatic heterocycles. The van der Waals surface area contributed by atoms with Gasteiger partial charge in [0.15, 0.2) is 5.82 Å². The number of likely N-dealkylation sites (tertiary alicyclic amines) is 1. The van der Waals surface area contributed by atoms with Crippen molar-refractivity contribution >= 4 is 11.7 Å². The molecule has 9 heteroatoms. The second-order valence-corrected chi connectivity index (χ2v) is 10.2. The summed E-state index contributed by atoms with van der Waals surface area (Å²) >= 11 is 0. The Bertz CT molecular complexity index is 1020. The maximum absolute atomic E-state index is 13.4. The van der Waals surface area contributed by atoms with Gasteiger partial charge in [-0.25, -0.2) is 14.4 Å². The predicted molar refractivity (Wildman–Crippen MR) is 130 cm³/mol. The molecule has 2 aromatic rings. The minimum atomic E-state index is -0.726. The summed E-state index contributed by atoms with van der Waals surface area (Å²) in [6.07, 6.45) is 4.38. The first-order valence-corrected chi connectivity index (χ1v) is 12.1. The van der Waals surface area contributed by atoms with Crippen LogP contribution in [0.3, 0.4) is 0 Å². The van der Waals surface area contributed by atoms with Crippen molar-refractivity contribution in [3.8, 4) is 17.3 Å². The smallest absolute Gasteiger partial charge is 0.239 e. The molecule has 1 atom stereocenters. The summed E-state index contributed by atoms with van der Waals surface area (Å²) < 4.78 is 19.3. The van der Waals surface area contributed by atoms with Crippen LogP contribution in [-0.2, 0) is 17.6 Å². The van der Waals surface area contributed by atoms with Crippen molar-refractivity contribution in [3.05, 3.63) is 29.6 Å². The average molecular weight is 471 g/mol. The third kappa shape index (κ3) is 6.20. The van der Waals surface area contributed by atoms with Gasteiger partial charge in [0, 0.05) is 55.7 Å². The number of likely N-dealkylation sites (N-methyl/N-ethyl adjacent to an activating group) is 1. The molecule has 1 aliphatic heterocycles. The SMILES string of the molecule is CN(CC(=O)NC(C)(C)C)c1nc(-c2cc(OCCN3CC[C@H](F)C3)ccn2)nc2c1CCC2. The number of amides is 1. The molecule has 1 amide bonds. The van der Waals surface area contributed by atoms with E-state index in [4.69, 9.17) is 14.7 Å². The van der Waals surface area contributed by atoms with Crippen LogP contribution in [0, 0.1) is 0 Å². The zero-order valence-electron chi connectivity index (χ0n) is 20.6. The van der Waals surface area contributed by atoms with Crippen LogP contribution >= 0.6 is 0 Å². The zero-order valence-corrected chi connectivity index (χ0v) is 20.6. The summed E-state index contributed by atoms with van der Waals surface area (Å²) in [4.78, 5) is 30.6. The third-order valence-corrected chi connectivity index (χ3v) is 6.02. The number of aryl methyl sites for hydroxylation is 1. The molecule has 0 saturated carbocycles. The highest BCUT2D eigenvalue weighted by Gasteiger charge is 2.25. The molecule has 0 radical (unpaired) electrons. The molecule has 1 N–H and O–H groups in total. The van der Waals surface area contributed by atoms with Gasteiger partial charge in [0.05, 0.1) is 6.54 Å². The van der Waals surface area contributed by atoms with Gasteiger partial charge < -0.3 is 15.0 Å². The number of rotatable bonds is 8. The lowest BCUT2D eigenvalue weighted by Crippen LogP contribution is -2.45. The van der Waals surface area contributed by atoms with E-state index in [1.165, 1.54) is 0 Å². The summed E-state index contributed by atoms with van der Waals surface area (Å²) in [6, 6.07) is 3.65. The Kier molecular flexibility index (Phi) is 7.30. The van der Waals surface area contributed by atoms with E-state index in [0.29, 0.717) is 43.4 Å². The monoisotopic (exact) mass is 470 g/mol. The van der Waals surface area contributed by atoms with Gasteiger partial charge in [-0.15, -0.1) is 0 Å². The van der Waals surface area contributed by atoms with E-state index in [0.717, 1.165) is 42.9 Å². The summed E-state index contributed by atoms with van der Waals surface area (Å²) in [5.41, 5.74) is 2.47. The van der Waals surface area contributed by atoms with E-state index >= 15 is 0 Å². The first-order chi connectivity index (χ1) is 16.2. The van der Waals surface area contributed by atoms with E-state index < -0.39 is 6.17 Å². The van der Waals surface area contributed by atoms with Crippen molar-refractivity contribution in [1.29, 1.82) is 0 Å². The first kappa shape index (κ1) is 24.3. The Morgan fingerprint density at radius 3 is 2.88 bits per heavy atom. The van der Waals surface area contributed by atoms with Gasteiger partial charge in [0.2, 0.25) is 5.91 Å². The molecule has 0 unspecified atom stereocenters. The number of nitrogens with one attached hydrogen (secondary N) is 1. The molecular weight excluding hydrogens is 435 g/mol. The number of carbonyl (C=O) groups is 1. The Labute approximate surface area is 200 Å². The topological polar surface area (TPSA) is 83.5 Å². The van der Waals surface area contributed by atoms with Crippen LogP contribution in [0.4, 0.5) is 10.2 Å². The third-order valence-electron chi connectivity index (χ3n) is 6.02. The quantitative estimate of drug-likeness (QED) is 0.635. The van der Waals surface area contributed by atoms with Crippen LogP contribution in [0.5, 0.6) is 5.75 Å². The second-order valence-electron chi connectivity index (χ2n) is 10.2. The van der Waals surface area contributed by atoms with Crippen molar-refractivity contribution in [2.24, 2.45) is 0 Å². The fraction of sp³-hybridized carbons (Fsp3) is 0.600. The number of aromatic nitrogens is 3. The molecular formula is C25H35FN6O2. The predicted octanol–water partition coefficient (Wildman–Crippen LogP) is 2.80. The average Bonchev–Trinajstić information content (AvgIpc) is 3.40. The van der Waals surface area contributed by atoms with Crippen LogP contribution in [-0.4, -0.2) is 77.3 Å². The summed E-state index contributed by atoms with van der Waals surface area (Å²) in [5, 5.41) is 3.01. The fourth-order valence-corrected chi connectivity index (χ4v) is 4.50. The molecule has 184 valence electrons. The number of fused-ring (bicyclic) bond motifs is 1. The summed E-state index contributed by atoms with van der Waals surface area (Å²) in [6.45, 7) is 8.56. The lowest BCUT2D eigenvalue weighted by Gasteiger charge is -2.25. The number of hydrogen-bond donors (Lipinski definition) is 1. The van der Waals surface area contributed by atoms with Crippen LogP contribution in [0.1, 0.15) is 44.9 Å². The maximum Gasteiger partial charge on any atom is 0.239 e. The molecule has 0 spiro atoms. The summed E-state index contributed by atoms with van der Waals surface area (Å²) in [5.74, 6) is 1.95. The van der Waals surface area contributed by atoms with E-state index in [1.807, 2.05) is 44.9 Å². The van der Waals surface area contributed by atoms with Crippen molar-refractivity contribution < 1.29 is 13.9 Å². The van der Waals surface area contributed by atoms with E-state index in [2.05, 4.69) is 15.2 Å². The molecule has 2 aliphatic rings. The van der Waals surface area contributed by atoms with Gasteiger partial charge in [-0.2, -0.15) is 0 Å². The number of ether oxygens (including phenoxy) is 1. The number of halogens is 1. The molecule has 0 aromatic carbocycles. The van der Waals surface area contributed by atoms with Gasteiger partial charge in [-0.1, -0.05) is 0 Å². The summed E-state index contributed by atoms with van der Waals surface area (Å²) in [7, 11) is 1.89. The van der Waals surface area contributed by atoms with Crippen LogP contribution in [0.15, 0.2) is 18.3 Å². The van der Waals surface area contributed by atoms with Crippen molar-refractivity contribution in [1.82, 2.24) is 25.2 Å². The van der Waals surface area contributed by atoms with Gasteiger partial charge in [0.1, 0.15) is 30.0 Å². The molecule has 0 bridgehead atoms. The Morgan fingerprint density at radius 2 is 2.15 bits per heavy atom. The van der Waals surface area contributed by atoms with Crippen LogP contribution in [0.2, 0.25) is 0 Å². The molecule has 1 saturated heterocycles. The Morgan fingerprint density at radius 1 is 1.32 bits per heavy atom. The number of pyridine rings is 1. The van der Waals surface area contributed by atoms with Crippen LogP contribution in [0.25, 0.3) is 11.5 Å². The van der Waals surface area contributed by atoms with Crippen molar-refractivity contribution in [2.75, 3.05) is 44.7 Å². The molecule has 8 nitrogen and oxygen atoms in total. The molecule has 1 fully saturated rings. The molecule has 34 heavy (non-hydrogen) atoms. The molecule has 1 aliphatic carbocycles. The van der Waals surface area contributed by atoms with E-state index in [-0.39, 0.29) is 18.0 Å². The van der Waals surface area contributed by atoms with Crippen molar-refractivity contribution in [2.45, 2.75) is 58.2 Å². The van der Waals surface area contributed by atoms with Gasteiger partial charge in [-0.3, -0.25) is 14.7 Å². The maximum atomic E-state index is 13.4. The number of nitrogens with zero attached hydrogens (tertiary/aromatic N) is 5. The second kappa shape index (κ2) is 10.2. The van der Waals surface area contributed by atoms with Crippen LogP contribution < -0.4 is 15.0 Å². The minimum Gasteiger partial charge on any atom is -0.492 e. The zero-order chi connectivity index (χ0) is 24.3. The number of carbonyl (C=O) groups excluding carboxylic acids is 1. The number of alkyl halides is 1. The lowest BCUT2D eigenvalue weighted by atomic mass is 10.1. The number of anilines is 1. The normalized spacial score (nSPS) is 18.1.